The normalized spacial score (nSPS) is 13.2. The van der Waals surface area contributed by atoms with E-state index >= 15 is 0 Å². The summed E-state index contributed by atoms with van der Waals surface area (Å²) in [4.78, 5) is 9.42. The van der Waals surface area contributed by atoms with E-state index in [-0.39, 0.29) is 37.3 Å². The monoisotopic (exact) mass is 1050 g/mol. The molecular weight excluding hydrogens is 1000 g/mol. The predicted octanol–water partition coefficient (Wildman–Crippen LogP) is 15.6. The Balaban J connectivity index is 0.00000562. The van der Waals surface area contributed by atoms with E-state index in [0.29, 0.717) is 11.5 Å². The molecule has 0 bridgehead atoms. The van der Waals surface area contributed by atoms with E-state index in [2.05, 4.69) is 259 Å². The molecule has 2 aromatic heterocycles. The Bertz CT molecular complexity index is 3250. The number of pyridine rings is 1. The molecule has 1 aliphatic heterocycles. The summed E-state index contributed by atoms with van der Waals surface area (Å²) in [6, 6.07) is 67.7. The van der Waals surface area contributed by atoms with Gasteiger partial charge in [-0.25, -0.2) is 4.98 Å². The van der Waals surface area contributed by atoms with Gasteiger partial charge in [-0.3, -0.25) is 0 Å². The fraction of sp³-hybridized carbons (Fsp3) is 0.180. The van der Waals surface area contributed by atoms with Crippen molar-refractivity contribution in [1.82, 2.24) is 9.55 Å². The number of nitrogens with zero attached hydrogens (tertiary/aromatic N) is 4. The Morgan fingerprint density at radius 3 is 1.88 bits per heavy atom. The third-order valence-corrected chi connectivity index (χ3v) is 13.0. The van der Waals surface area contributed by atoms with Gasteiger partial charge in [0.1, 0.15) is 5.82 Å². The molecule has 67 heavy (non-hydrogen) atoms. The molecule has 0 saturated carbocycles. The van der Waals surface area contributed by atoms with Crippen LogP contribution in [0.15, 0.2) is 182 Å². The Morgan fingerprint density at radius 1 is 0.522 bits per heavy atom. The molecule has 0 fully saturated rings. The fourth-order valence-electron chi connectivity index (χ4n) is 8.96. The fourth-order valence-corrected chi connectivity index (χ4v) is 8.96. The average molecular weight is 1060 g/mol. The van der Waals surface area contributed by atoms with Crippen molar-refractivity contribution in [1.29, 1.82) is 0 Å². The molecule has 6 heteroatoms. The smallest absolute Gasteiger partial charge is 0.135 e. The zero-order valence-electron chi connectivity index (χ0n) is 39.4. The summed E-state index contributed by atoms with van der Waals surface area (Å²) < 4.78 is 9.23. The SMILES string of the molecule is CC(C)(C)c1cccc(N2C=C(c3ccccc3)N(c3[c-]c(Oc4[c-]c5c(cc4)c4cc(-c6ccccc6)ccc4n5-c4cc(C(C)(C)C)ccn4)cc(C(C)(C)c4ccccc4)c3)[CH-]2)c1.[Pt]. The van der Waals surface area contributed by atoms with Gasteiger partial charge in [-0.05, 0) is 91.5 Å². The Morgan fingerprint density at radius 2 is 1.18 bits per heavy atom. The van der Waals surface area contributed by atoms with Gasteiger partial charge in [-0.2, -0.15) is 6.07 Å². The van der Waals surface area contributed by atoms with Crippen LogP contribution in [0.1, 0.15) is 83.2 Å². The van der Waals surface area contributed by atoms with Crippen LogP contribution >= 0.6 is 0 Å². The van der Waals surface area contributed by atoms with Crippen LogP contribution < -0.4 is 14.5 Å². The molecule has 10 rings (SSSR count). The third-order valence-electron chi connectivity index (χ3n) is 13.0. The Labute approximate surface area is 410 Å². The van der Waals surface area contributed by atoms with E-state index in [1.807, 2.05) is 12.3 Å². The maximum Gasteiger partial charge on any atom is 0.135 e. The van der Waals surface area contributed by atoms with Crippen molar-refractivity contribution in [2.75, 3.05) is 9.80 Å². The molecule has 9 aromatic rings. The van der Waals surface area contributed by atoms with Crippen molar-refractivity contribution in [3.8, 4) is 28.4 Å². The van der Waals surface area contributed by atoms with E-state index in [1.165, 1.54) is 22.3 Å². The summed E-state index contributed by atoms with van der Waals surface area (Å²) in [6.07, 6.45) is 4.13. The zero-order chi connectivity index (χ0) is 45.8. The first-order valence-electron chi connectivity index (χ1n) is 22.9. The number of hydrogen-bond donors (Lipinski definition) is 0. The van der Waals surface area contributed by atoms with E-state index < -0.39 is 0 Å². The topological polar surface area (TPSA) is 33.5 Å². The predicted molar refractivity (Wildman–Crippen MR) is 274 cm³/mol. The number of ether oxygens (including phenoxy) is 1. The van der Waals surface area contributed by atoms with Crippen LogP contribution in [0.4, 0.5) is 11.4 Å². The first kappa shape index (κ1) is 45.5. The van der Waals surface area contributed by atoms with Gasteiger partial charge in [0.15, 0.2) is 0 Å². The van der Waals surface area contributed by atoms with Crippen molar-refractivity contribution < 1.29 is 25.8 Å². The van der Waals surface area contributed by atoms with E-state index in [9.17, 15) is 0 Å². The molecular formula is C61H55N4OPt-3. The first-order valence-corrected chi connectivity index (χ1v) is 22.9. The molecule has 0 aliphatic carbocycles. The number of rotatable bonds is 9. The molecule has 0 radical (unpaired) electrons. The Hall–Kier alpha value is -6.68. The molecule has 0 amide bonds. The summed E-state index contributed by atoms with van der Waals surface area (Å²) in [5.74, 6) is 2.02. The van der Waals surface area contributed by atoms with Gasteiger partial charge in [0.2, 0.25) is 0 Å². The maximum atomic E-state index is 7.00. The molecule has 1 aliphatic rings. The van der Waals surface area contributed by atoms with Crippen LogP contribution in [0.25, 0.3) is 44.4 Å². The Kier molecular flexibility index (Phi) is 12.1. The quantitative estimate of drug-likeness (QED) is 0.135. The maximum absolute atomic E-state index is 7.00. The van der Waals surface area contributed by atoms with E-state index in [4.69, 9.17) is 9.72 Å². The number of fused-ring (bicyclic) bond motifs is 3. The summed E-state index contributed by atoms with van der Waals surface area (Å²) in [6.45, 7) is 20.2. The van der Waals surface area contributed by atoms with Crippen LogP contribution in [0, 0.1) is 18.8 Å². The molecule has 0 atom stereocenters. The molecule has 0 spiro atoms. The van der Waals surface area contributed by atoms with Gasteiger partial charge in [0, 0.05) is 55.7 Å². The van der Waals surface area contributed by atoms with Gasteiger partial charge in [-0.15, -0.1) is 53.6 Å². The summed E-state index contributed by atoms with van der Waals surface area (Å²) >= 11 is 0. The van der Waals surface area contributed by atoms with Crippen molar-refractivity contribution in [3.05, 3.63) is 229 Å². The van der Waals surface area contributed by atoms with E-state index in [0.717, 1.165) is 61.4 Å². The third kappa shape index (κ3) is 8.98. The van der Waals surface area contributed by atoms with Gasteiger partial charge in [-0.1, -0.05) is 176 Å². The van der Waals surface area contributed by atoms with E-state index in [1.54, 1.807) is 0 Å². The van der Waals surface area contributed by atoms with Crippen molar-refractivity contribution in [3.63, 3.8) is 0 Å². The molecule has 7 aromatic carbocycles. The van der Waals surface area contributed by atoms with Crippen LogP contribution in [-0.4, -0.2) is 9.55 Å². The summed E-state index contributed by atoms with van der Waals surface area (Å²) in [7, 11) is 0. The van der Waals surface area contributed by atoms with Gasteiger partial charge in [0.25, 0.3) is 0 Å². The van der Waals surface area contributed by atoms with Crippen molar-refractivity contribution >= 4 is 38.9 Å². The zero-order valence-corrected chi connectivity index (χ0v) is 41.7. The number of aromatic nitrogens is 2. The first-order chi connectivity index (χ1) is 31.7. The summed E-state index contributed by atoms with van der Waals surface area (Å²) in [5.41, 5.74) is 12.7. The van der Waals surface area contributed by atoms with Gasteiger partial charge >= 0.3 is 0 Å². The molecule has 0 unspecified atom stereocenters. The summed E-state index contributed by atoms with van der Waals surface area (Å²) in [5, 5.41) is 2.20. The molecule has 0 N–H and O–H groups in total. The molecule has 338 valence electrons. The second-order valence-electron chi connectivity index (χ2n) is 20.0. The van der Waals surface area contributed by atoms with Gasteiger partial charge in [0.05, 0.1) is 0 Å². The van der Waals surface area contributed by atoms with Crippen molar-refractivity contribution in [2.45, 2.75) is 71.6 Å². The molecule has 5 nitrogen and oxygen atoms in total. The molecule has 3 heterocycles. The number of anilines is 2. The second-order valence-corrected chi connectivity index (χ2v) is 20.0. The standard InChI is InChI=1S/C61H55N4O.Pt/c1-59(2,3)46-25-18-26-49(34-46)63-40-57(43-21-14-10-15-22-43)64(41-63)50-35-48(61(7,8)45-23-16-11-17-24-45)36-52(38-50)66-51-28-29-53-54-33-44(42-19-12-9-13-20-42)27-30-55(54)65(56(53)39-51)58-37-47(31-32-62-58)60(4,5)6;/h9-37,40-41H,1-8H3;/q-3;. The number of hydrogen-bond acceptors (Lipinski definition) is 4. The van der Waals surface area contributed by atoms with Crippen molar-refractivity contribution in [2.24, 2.45) is 0 Å². The minimum absolute atomic E-state index is 0. The van der Waals surface area contributed by atoms with Crippen LogP contribution in [-0.2, 0) is 37.3 Å². The van der Waals surface area contributed by atoms with Crippen LogP contribution in [0.2, 0.25) is 0 Å². The molecule has 0 saturated heterocycles. The van der Waals surface area contributed by atoms with Crippen LogP contribution in [0.3, 0.4) is 0 Å². The average Bonchev–Trinajstić information content (AvgIpc) is 3.92. The largest absolute Gasteiger partial charge is 0.509 e. The number of benzene rings is 7. The van der Waals surface area contributed by atoms with Crippen LogP contribution in [0.5, 0.6) is 11.5 Å². The second kappa shape index (κ2) is 17.8. The minimum atomic E-state index is -0.374. The van der Waals surface area contributed by atoms with Gasteiger partial charge < -0.3 is 19.1 Å². The minimum Gasteiger partial charge on any atom is -0.509 e.